The largest absolute Gasteiger partial charge is 0.352 e. The Kier molecular flexibility index (Phi) is 10.6. The lowest BCUT2D eigenvalue weighted by Gasteiger charge is -2.34. The predicted molar refractivity (Wildman–Crippen MR) is 161 cm³/mol. The SMILES string of the molecule is CC[C@@H](C(=O)NC(C)C)N(Cc1ccc(Cl)cc1)C(=O)CN(c1ccc(Cl)cc1C)S(=O)(=O)c1ccc(C)cc1. The Morgan fingerprint density at radius 1 is 0.900 bits per heavy atom. The minimum atomic E-state index is -4.16. The quantitative estimate of drug-likeness (QED) is 0.285. The van der Waals surface area contributed by atoms with E-state index in [1.807, 2.05) is 27.7 Å². The van der Waals surface area contributed by atoms with Crippen LogP contribution < -0.4 is 9.62 Å². The lowest BCUT2D eigenvalue weighted by Crippen LogP contribution is -2.53. The molecular weight excluding hydrogens is 569 g/mol. The molecule has 0 spiro atoms. The molecule has 40 heavy (non-hydrogen) atoms. The molecule has 7 nitrogen and oxygen atoms in total. The number of rotatable bonds is 11. The molecular formula is C30H35Cl2N3O4S. The summed E-state index contributed by atoms with van der Waals surface area (Å²) in [6.07, 6.45) is 0.336. The molecule has 0 saturated carbocycles. The van der Waals surface area contributed by atoms with E-state index in [1.165, 1.54) is 17.0 Å². The van der Waals surface area contributed by atoms with E-state index >= 15 is 0 Å². The van der Waals surface area contributed by atoms with Crippen molar-refractivity contribution < 1.29 is 18.0 Å². The number of carbonyl (C=O) groups excluding carboxylic acids is 2. The van der Waals surface area contributed by atoms with Crippen LogP contribution in [0.3, 0.4) is 0 Å². The number of aryl methyl sites for hydroxylation is 2. The third-order valence-corrected chi connectivity index (χ3v) is 8.66. The molecule has 0 aliphatic carbocycles. The Balaban J connectivity index is 2.09. The van der Waals surface area contributed by atoms with Gasteiger partial charge in [-0.25, -0.2) is 8.42 Å². The Labute approximate surface area is 247 Å². The van der Waals surface area contributed by atoms with Crippen molar-refractivity contribution in [1.29, 1.82) is 0 Å². The molecule has 0 heterocycles. The fourth-order valence-electron chi connectivity index (χ4n) is 4.34. The van der Waals surface area contributed by atoms with Gasteiger partial charge >= 0.3 is 0 Å². The molecule has 3 aromatic rings. The summed E-state index contributed by atoms with van der Waals surface area (Å²) in [4.78, 5) is 28.8. The van der Waals surface area contributed by atoms with Gasteiger partial charge in [0.25, 0.3) is 10.0 Å². The average molecular weight is 605 g/mol. The van der Waals surface area contributed by atoms with E-state index in [-0.39, 0.29) is 23.4 Å². The lowest BCUT2D eigenvalue weighted by molar-refractivity contribution is -0.140. The molecule has 0 saturated heterocycles. The first-order valence-corrected chi connectivity index (χ1v) is 15.2. The highest BCUT2D eigenvalue weighted by molar-refractivity contribution is 7.92. The van der Waals surface area contributed by atoms with E-state index in [0.717, 1.165) is 15.4 Å². The maximum Gasteiger partial charge on any atom is 0.264 e. The number of sulfonamides is 1. The average Bonchev–Trinajstić information content (AvgIpc) is 2.88. The molecule has 0 aliphatic heterocycles. The van der Waals surface area contributed by atoms with Gasteiger partial charge in [0.05, 0.1) is 10.6 Å². The molecule has 1 atom stereocenters. The highest BCUT2D eigenvalue weighted by Gasteiger charge is 2.34. The first-order chi connectivity index (χ1) is 18.8. The van der Waals surface area contributed by atoms with Gasteiger partial charge in [0, 0.05) is 22.6 Å². The first-order valence-electron chi connectivity index (χ1n) is 13.0. The maximum absolute atomic E-state index is 14.1. The summed E-state index contributed by atoms with van der Waals surface area (Å²) < 4.78 is 29.1. The van der Waals surface area contributed by atoms with E-state index in [4.69, 9.17) is 23.2 Å². The van der Waals surface area contributed by atoms with Gasteiger partial charge in [-0.1, -0.05) is 60.0 Å². The van der Waals surface area contributed by atoms with Crippen molar-refractivity contribution in [2.45, 2.75) is 64.6 Å². The summed E-state index contributed by atoms with van der Waals surface area (Å²) in [5, 5.41) is 3.87. The van der Waals surface area contributed by atoms with Gasteiger partial charge in [0.1, 0.15) is 12.6 Å². The minimum Gasteiger partial charge on any atom is -0.352 e. The highest BCUT2D eigenvalue weighted by Crippen LogP contribution is 2.30. The molecule has 0 fully saturated rings. The zero-order valence-electron chi connectivity index (χ0n) is 23.3. The number of nitrogens with one attached hydrogen (secondary N) is 1. The van der Waals surface area contributed by atoms with Crippen LogP contribution >= 0.6 is 23.2 Å². The lowest BCUT2D eigenvalue weighted by atomic mass is 10.1. The van der Waals surface area contributed by atoms with Gasteiger partial charge in [-0.2, -0.15) is 0 Å². The fraction of sp³-hybridized carbons (Fsp3) is 0.333. The number of amides is 2. The van der Waals surface area contributed by atoms with Crippen molar-refractivity contribution in [1.82, 2.24) is 10.2 Å². The molecule has 3 aromatic carbocycles. The number of halogens is 2. The number of hydrogen-bond donors (Lipinski definition) is 1. The Morgan fingerprint density at radius 2 is 1.50 bits per heavy atom. The summed E-state index contributed by atoms with van der Waals surface area (Å²) in [5.41, 5.74) is 2.57. The van der Waals surface area contributed by atoms with Gasteiger partial charge in [-0.05, 0) is 87.7 Å². The second-order valence-corrected chi connectivity index (χ2v) is 12.7. The summed E-state index contributed by atoms with van der Waals surface area (Å²) in [7, 11) is -4.16. The van der Waals surface area contributed by atoms with Crippen LogP contribution in [0.4, 0.5) is 5.69 Å². The Bertz CT molecular complexity index is 1440. The molecule has 0 radical (unpaired) electrons. The van der Waals surface area contributed by atoms with Gasteiger partial charge in [0.15, 0.2) is 0 Å². The van der Waals surface area contributed by atoms with Crippen molar-refractivity contribution >= 4 is 50.7 Å². The zero-order chi connectivity index (χ0) is 29.6. The number of carbonyl (C=O) groups is 2. The molecule has 0 unspecified atom stereocenters. The molecule has 0 bridgehead atoms. The monoisotopic (exact) mass is 603 g/mol. The molecule has 3 rings (SSSR count). The second kappa shape index (κ2) is 13.5. The van der Waals surface area contributed by atoms with Crippen molar-refractivity contribution in [3.63, 3.8) is 0 Å². The number of nitrogens with zero attached hydrogens (tertiary/aromatic N) is 2. The van der Waals surface area contributed by atoms with Crippen molar-refractivity contribution in [2.24, 2.45) is 0 Å². The highest BCUT2D eigenvalue weighted by atomic mass is 35.5. The molecule has 0 aromatic heterocycles. The van der Waals surface area contributed by atoms with Crippen molar-refractivity contribution in [3.05, 3.63) is 93.5 Å². The number of hydrogen-bond acceptors (Lipinski definition) is 4. The van der Waals surface area contributed by atoms with Gasteiger partial charge < -0.3 is 10.2 Å². The Morgan fingerprint density at radius 3 is 2.05 bits per heavy atom. The first kappa shape index (κ1) is 31.5. The number of benzene rings is 3. The van der Waals surface area contributed by atoms with Crippen LogP contribution in [0.25, 0.3) is 0 Å². The normalized spacial score (nSPS) is 12.2. The van der Waals surface area contributed by atoms with Crippen LogP contribution in [0.2, 0.25) is 10.0 Å². The molecule has 214 valence electrons. The molecule has 10 heteroatoms. The third-order valence-electron chi connectivity index (χ3n) is 6.40. The van der Waals surface area contributed by atoms with Gasteiger partial charge in [0.2, 0.25) is 11.8 Å². The van der Waals surface area contributed by atoms with Crippen LogP contribution in [-0.2, 0) is 26.2 Å². The van der Waals surface area contributed by atoms with Gasteiger partial charge in [-0.15, -0.1) is 0 Å². The topological polar surface area (TPSA) is 86.8 Å². The van der Waals surface area contributed by atoms with Crippen molar-refractivity contribution in [2.75, 3.05) is 10.8 Å². The van der Waals surface area contributed by atoms with E-state index in [9.17, 15) is 18.0 Å². The molecule has 0 aliphatic rings. The van der Waals surface area contributed by atoms with Gasteiger partial charge in [-0.3, -0.25) is 13.9 Å². The van der Waals surface area contributed by atoms with Crippen LogP contribution in [0.1, 0.15) is 43.9 Å². The molecule has 1 N–H and O–H groups in total. The van der Waals surface area contributed by atoms with E-state index in [2.05, 4.69) is 5.32 Å². The van der Waals surface area contributed by atoms with Crippen LogP contribution in [0.5, 0.6) is 0 Å². The summed E-state index contributed by atoms with van der Waals surface area (Å²) in [5.74, 6) is -0.832. The summed E-state index contributed by atoms with van der Waals surface area (Å²) >= 11 is 12.2. The second-order valence-electron chi connectivity index (χ2n) is 9.99. The third kappa shape index (κ3) is 7.77. The van der Waals surface area contributed by atoms with Crippen LogP contribution in [0, 0.1) is 13.8 Å². The number of anilines is 1. The fourth-order valence-corrected chi connectivity index (χ4v) is 6.17. The van der Waals surface area contributed by atoms with Crippen LogP contribution in [-0.4, -0.2) is 43.8 Å². The van der Waals surface area contributed by atoms with E-state index in [0.29, 0.717) is 27.7 Å². The predicted octanol–water partition coefficient (Wildman–Crippen LogP) is 6.14. The van der Waals surface area contributed by atoms with Crippen molar-refractivity contribution in [3.8, 4) is 0 Å². The van der Waals surface area contributed by atoms with E-state index < -0.39 is 28.5 Å². The molecule has 2 amide bonds. The summed E-state index contributed by atoms with van der Waals surface area (Å²) in [6, 6.07) is 17.3. The summed E-state index contributed by atoms with van der Waals surface area (Å²) in [6.45, 7) is 8.68. The standard InChI is InChI=1S/C30H35Cl2N3O4S/c1-6-27(30(37)33-20(2)3)34(18-23-9-11-24(31)12-10-23)29(36)19-35(28-16-13-25(32)17-22(28)5)40(38,39)26-14-7-21(4)8-15-26/h7-17,20,27H,6,18-19H2,1-5H3,(H,33,37)/t27-/m0/s1. The van der Waals surface area contributed by atoms with E-state index in [1.54, 1.807) is 61.5 Å². The smallest absolute Gasteiger partial charge is 0.264 e. The minimum absolute atomic E-state index is 0.0501. The zero-order valence-corrected chi connectivity index (χ0v) is 25.6. The van der Waals surface area contributed by atoms with Crippen LogP contribution in [0.15, 0.2) is 71.6 Å². The maximum atomic E-state index is 14.1. The Hall–Kier alpha value is -3.07.